The summed E-state index contributed by atoms with van der Waals surface area (Å²) < 4.78 is 0. The standard InChI is InChI=1S/C14H24N2O2.2C13H22N2O2.C12H20N2O2/c1-14(2,3)10-11(13(18)12(10)17)16(5)9-7-6-8-15-4;1-13(2,3)9-10(12(17)11(9)16)15(4)8-6-5-7-14;1-13(2,3)9-10(12(17)11(9)16)15-8-6-5-7-14-4;1-12(2,3)8-9(11(16)10(8)15)14-7-5-4-6-13/h15H,6-9H2,1-5H3;5-8,14H2,1-4H3;14-15H,5-8H2,1-4H3;14H,4-7,13H2,1-3H3. The van der Waals surface area contributed by atoms with Crippen molar-refractivity contribution in [3.05, 3.63) is 104 Å². The summed E-state index contributed by atoms with van der Waals surface area (Å²) in [5.74, 6) is 0. The molecule has 0 saturated heterocycles. The fourth-order valence-corrected chi connectivity index (χ4v) is 7.92. The molecule has 0 aliphatic heterocycles. The van der Waals surface area contributed by atoms with Crippen LogP contribution >= 0.6 is 0 Å². The molecule has 0 atom stereocenters. The third kappa shape index (κ3) is 16.8. The van der Waals surface area contributed by atoms with Crippen molar-refractivity contribution in [1.29, 1.82) is 0 Å². The van der Waals surface area contributed by atoms with Gasteiger partial charge in [-0.3, -0.25) is 38.4 Å². The molecule has 0 amide bonds. The number of hydrogen-bond acceptors (Lipinski definition) is 16. The van der Waals surface area contributed by atoms with Gasteiger partial charge in [-0.2, -0.15) is 0 Å². The lowest BCUT2D eigenvalue weighted by Crippen LogP contribution is -2.46. The van der Waals surface area contributed by atoms with E-state index >= 15 is 0 Å². The van der Waals surface area contributed by atoms with Crippen LogP contribution in [-0.2, 0) is 21.7 Å². The van der Waals surface area contributed by atoms with Crippen LogP contribution < -0.4 is 86.0 Å². The fraction of sp³-hybridized carbons (Fsp3) is 0.692. The van der Waals surface area contributed by atoms with Crippen molar-refractivity contribution in [2.75, 3.05) is 101 Å². The van der Waals surface area contributed by atoms with E-state index < -0.39 is 0 Å². The topological polar surface area (TPSA) is 243 Å². The van der Waals surface area contributed by atoms with Gasteiger partial charge in [0.15, 0.2) is 0 Å². The molecule has 16 heteroatoms. The molecule has 0 spiro atoms. The average Bonchev–Trinajstić information content (AvgIpc) is 3.24. The molecule has 0 bridgehead atoms. The van der Waals surface area contributed by atoms with Crippen LogP contribution in [-0.4, -0.2) is 80.5 Å². The molecule has 0 aliphatic rings. The van der Waals surface area contributed by atoms with Crippen LogP contribution in [0.5, 0.6) is 0 Å². The molecule has 68 heavy (non-hydrogen) atoms. The summed E-state index contributed by atoms with van der Waals surface area (Å²) in [6.45, 7) is 29.8. The Morgan fingerprint density at radius 3 is 0.941 bits per heavy atom. The highest BCUT2D eigenvalue weighted by atomic mass is 16.2. The first-order valence-corrected chi connectivity index (χ1v) is 24.3. The fourth-order valence-electron chi connectivity index (χ4n) is 7.92. The largest absolute Gasteiger partial charge is 0.381 e. The lowest BCUT2D eigenvalue weighted by Gasteiger charge is -2.29. The lowest BCUT2D eigenvalue weighted by atomic mass is 9.82. The molecule has 384 valence electrons. The summed E-state index contributed by atoms with van der Waals surface area (Å²) in [6, 6.07) is 0. The molecule has 16 nitrogen and oxygen atoms in total. The van der Waals surface area contributed by atoms with E-state index in [9.17, 15) is 38.4 Å². The van der Waals surface area contributed by atoms with Gasteiger partial charge in [0, 0.05) is 62.5 Å². The Labute approximate surface area is 404 Å². The van der Waals surface area contributed by atoms with Crippen LogP contribution in [0.2, 0.25) is 0 Å². The van der Waals surface area contributed by atoms with E-state index in [4.69, 9.17) is 11.5 Å². The van der Waals surface area contributed by atoms with E-state index in [2.05, 4.69) is 21.3 Å². The van der Waals surface area contributed by atoms with E-state index in [0.29, 0.717) is 64.6 Å². The van der Waals surface area contributed by atoms with Crippen LogP contribution in [0.15, 0.2) is 38.4 Å². The maximum Gasteiger partial charge on any atom is 0.249 e. The second-order valence-corrected chi connectivity index (χ2v) is 21.9. The summed E-state index contributed by atoms with van der Waals surface area (Å²) in [7, 11) is 7.60. The third-order valence-electron chi connectivity index (χ3n) is 11.6. The van der Waals surface area contributed by atoms with Gasteiger partial charge in [0.2, 0.25) is 43.4 Å². The van der Waals surface area contributed by atoms with Crippen LogP contribution in [0.4, 0.5) is 22.7 Å². The minimum Gasteiger partial charge on any atom is -0.381 e. The molecule has 4 aromatic carbocycles. The third-order valence-corrected chi connectivity index (χ3v) is 11.6. The molecule has 4 aromatic rings. The number of hydrogen-bond donors (Lipinski definition) is 6. The zero-order valence-corrected chi connectivity index (χ0v) is 44.6. The maximum absolute atomic E-state index is 11.7. The Bertz CT molecular complexity index is 2460. The number of anilines is 4. The highest BCUT2D eigenvalue weighted by Crippen LogP contribution is 2.29. The summed E-state index contributed by atoms with van der Waals surface area (Å²) in [5.41, 5.74) is 12.0. The molecule has 8 N–H and O–H groups in total. The average molecular weight is 953 g/mol. The molecule has 0 heterocycles. The normalized spacial score (nSPS) is 12.0. The van der Waals surface area contributed by atoms with E-state index in [-0.39, 0.29) is 65.1 Å². The highest BCUT2D eigenvalue weighted by Gasteiger charge is 2.34. The number of nitrogens with zero attached hydrogens (tertiary/aromatic N) is 2. The summed E-state index contributed by atoms with van der Waals surface area (Å²) in [5, 5.41) is 12.3. The Balaban J connectivity index is 0.000000454. The van der Waals surface area contributed by atoms with E-state index in [1.54, 1.807) is 0 Å². The molecular weight excluding hydrogens is 865 g/mol. The van der Waals surface area contributed by atoms with Crippen LogP contribution in [0.25, 0.3) is 0 Å². The Kier molecular flexibility index (Phi) is 24.3. The monoisotopic (exact) mass is 953 g/mol. The summed E-state index contributed by atoms with van der Waals surface area (Å²) in [6.07, 6.45) is 7.85. The van der Waals surface area contributed by atoms with Gasteiger partial charge < -0.3 is 42.5 Å². The highest BCUT2D eigenvalue weighted by molar-refractivity contribution is 5.62. The summed E-state index contributed by atoms with van der Waals surface area (Å²) >= 11 is 0. The number of rotatable bonds is 22. The quantitative estimate of drug-likeness (QED) is 0.0488. The SMILES string of the molecule is CC(C)(C)c1c(NCCCCN)c(=O)c1=O.CN(CCCCN)c1c(C(C)(C)C)c(=O)c1=O.CNCCCCN(C)c1c(C(C)(C)C)c(=O)c1=O.CNCCCCNc1c(C(C)(C)C)c(=O)c1=O. The number of nitrogens with one attached hydrogen (secondary N) is 4. The predicted molar refractivity (Wildman–Crippen MR) is 287 cm³/mol. The lowest BCUT2D eigenvalue weighted by molar-refractivity contribution is 0.573. The molecule has 0 radical (unpaired) electrons. The summed E-state index contributed by atoms with van der Waals surface area (Å²) in [4.78, 5) is 96.2. The number of unbranched alkanes of at least 4 members (excludes halogenated alkanes) is 4. The predicted octanol–water partition coefficient (Wildman–Crippen LogP) is 3.49. The van der Waals surface area contributed by atoms with E-state index in [0.717, 1.165) is 84.1 Å². The molecule has 0 aliphatic carbocycles. The molecular formula is C52H88N8O8. The molecule has 0 unspecified atom stereocenters. The Morgan fingerprint density at radius 2 is 0.632 bits per heavy atom. The second-order valence-electron chi connectivity index (χ2n) is 21.9. The van der Waals surface area contributed by atoms with Crippen molar-refractivity contribution in [3.8, 4) is 0 Å². The molecule has 0 saturated carbocycles. The zero-order valence-electron chi connectivity index (χ0n) is 44.6. The zero-order chi connectivity index (χ0) is 52.5. The minimum atomic E-state index is -0.377. The van der Waals surface area contributed by atoms with Gasteiger partial charge in [0.25, 0.3) is 0 Å². The van der Waals surface area contributed by atoms with Crippen molar-refractivity contribution >= 4 is 22.7 Å². The van der Waals surface area contributed by atoms with Crippen molar-refractivity contribution in [1.82, 2.24) is 10.6 Å². The van der Waals surface area contributed by atoms with Crippen molar-refractivity contribution < 1.29 is 0 Å². The molecule has 0 aromatic heterocycles. The van der Waals surface area contributed by atoms with Crippen LogP contribution in [0, 0.1) is 0 Å². The Hall–Kier alpha value is -4.64. The van der Waals surface area contributed by atoms with Gasteiger partial charge >= 0.3 is 0 Å². The molecule has 4 rings (SSSR count). The number of nitrogens with two attached hydrogens (primary N) is 2. The maximum atomic E-state index is 11.7. The Morgan fingerprint density at radius 1 is 0.368 bits per heavy atom. The van der Waals surface area contributed by atoms with Gasteiger partial charge in [0.1, 0.15) is 0 Å². The van der Waals surface area contributed by atoms with E-state index in [1.165, 1.54) is 0 Å². The van der Waals surface area contributed by atoms with Crippen molar-refractivity contribution in [2.45, 2.75) is 156 Å². The van der Waals surface area contributed by atoms with Gasteiger partial charge in [-0.05, 0) is 113 Å². The van der Waals surface area contributed by atoms with Crippen LogP contribution in [0.1, 0.15) is 157 Å². The van der Waals surface area contributed by atoms with Crippen molar-refractivity contribution in [3.63, 3.8) is 0 Å². The smallest absolute Gasteiger partial charge is 0.249 e. The van der Waals surface area contributed by atoms with Gasteiger partial charge in [-0.1, -0.05) is 83.1 Å². The molecule has 0 fully saturated rings. The van der Waals surface area contributed by atoms with Gasteiger partial charge in [0.05, 0.1) is 22.7 Å². The van der Waals surface area contributed by atoms with E-state index in [1.807, 2.05) is 121 Å². The second kappa shape index (κ2) is 26.9. The van der Waals surface area contributed by atoms with Gasteiger partial charge in [-0.15, -0.1) is 0 Å². The van der Waals surface area contributed by atoms with Gasteiger partial charge in [-0.25, -0.2) is 0 Å². The van der Waals surface area contributed by atoms with Crippen molar-refractivity contribution in [2.24, 2.45) is 11.5 Å². The first kappa shape index (κ1) is 61.4. The minimum absolute atomic E-state index is 0.250. The first-order valence-electron chi connectivity index (χ1n) is 24.3. The first-order chi connectivity index (χ1) is 31.4. The van der Waals surface area contributed by atoms with Crippen LogP contribution in [0.3, 0.4) is 0 Å².